The molecule has 1 aliphatic carbocycles. The minimum atomic E-state index is -0.813. The quantitative estimate of drug-likeness (QED) is 0.420. The van der Waals surface area contributed by atoms with Crippen molar-refractivity contribution < 1.29 is 24.4 Å². The summed E-state index contributed by atoms with van der Waals surface area (Å²) in [5.41, 5.74) is 0. The number of rotatable bonds is 10. The Bertz CT molecular complexity index is 407. The van der Waals surface area contributed by atoms with E-state index in [1.54, 1.807) is 0 Å². The van der Waals surface area contributed by atoms with Crippen LogP contribution in [0.5, 0.6) is 0 Å². The Labute approximate surface area is 150 Å². The van der Waals surface area contributed by atoms with Gasteiger partial charge in [0.25, 0.3) is 6.48 Å². The van der Waals surface area contributed by atoms with Crippen LogP contribution in [0.15, 0.2) is 0 Å². The van der Waals surface area contributed by atoms with Crippen molar-refractivity contribution in [2.75, 3.05) is 47.3 Å². The maximum atomic E-state index is 10.2. The van der Waals surface area contributed by atoms with E-state index in [0.29, 0.717) is 0 Å². The van der Waals surface area contributed by atoms with Crippen molar-refractivity contribution in [3.05, 3.63) is 0 Å². The van der Waals surface area contributed by atoms with Gasteiger partial charge in [0.1, 0.15) is 30.5 Å². The van der Waals surface area contributed by atoms with E-state index in [1.165, 1.54) is 6.42 Å². The molecule has 0 radical (unpaired) electrons. The van der Waals surface area contributed by atoms with Gasteiger partial charge in [0.05, 0.1) is 6.04 Å². The van der Waals surface area contributed by atoms with Crippen molar-refractivity contribution in [1.82, 2.24) is 15.1 Å². The molecule has 0 amide bonds. The number of ether oxygens (including phenoxy) is 3. The lowest BCUT2D eigenvalue weighted by Gasteiger charge is -2.57. The van der Waals surface area contributed by atoms with Gasteiger partial charge in [-0.1, -0.05) is 0 Å². The molecule has 0 aromatic heterocycles. The van der Waals surface area contributed by atoms with Crippen LogP contribution in [0.1, 0.15) is 19.3 Å². The monoisotopic (exact) mass is 359 g/mol. The largest absolute Gasteiger partial charge is 0.388 e. The van der Waals surface area contributed by atoms with E-state index in [4.69, 9.17) is 14.2 Å². The summed E-state index contributed by atoms with van der Waals surface area (Å²) in [6.45, 7) is 3.36. The Morgan fingerprint density at radius 1 is 0.800 bits per heavy atom. The van der Waals surface area contributed by atoms with Gasteiger partial charge in [0, 0.05) is 0 Å². The van der Waals surface area contributed by atoms with E-state index in [0.717, 1.165) is 39.0 Å². The normalized spacial score (nSPS) is 39.7. The minimum Gasteiger partial charge on any atom is -0.388 e. The van der Waals surface area contributed by atoms with E-state index in [1.807, 2.05) is 0 Å². The van der Waals surface area contributed by atoms with Crippen LogP contribution in [-0.4, -0.2) is 110 Å². The van der Waals surface area contributed by atoms with Crippen LogP contribution in [0.25, 0.3) is 0 Å². The molecular weight excluding hydrogens is 326 g/mol. The van der Waals surface area contributed by atoms with Gasteiger partial charge in [-0.15, -0.1) is 0 Å². The molecule has 0 aromatic carbocycles. The summed E-state index contributed by atoms with van der Waals surface area (Å²) in [6, 6.07) is -0.195. The number of unbranched alkanes of at least 4 members (excludes halogenated alkanes) is 1. The summed E-state index contributed by atoms with van der Waals surface area (Å²) in [4.78, 5) is 4.57. The molecule has 1 saturated carbocycles. The molecule has 0 aromatic rings. The van der Waals surface area contributed by atoms with Crippen LogP contribution in [0.2, 0.25) is 0 Å². The van der Waals surface area contributed by atoms with Crippen molar-refractivity contribution in [3.8, 4) is 0 Å². The third kappa shape index (κ3) is 4.51. The Hall–Kier alpha value is -0.320. The van der Waals surface area contributed by atoms with Crippen molar-refractivity contribution in [2.24, 2.45) is 0 Å². The average Bonchev–Trinajstić information content (AvgIpc) is 2.56. The van der Waals surface area contributed by atoms with E-state index in [-0.39, 0.29) is 18.2 Å². The highest BCUT2D eigenvalue weighted by Crippen LogP contribution is 2.39. The Kier molecular flexibility index (Phi) is 6.67. The summed E-state index contributed by atoms with van der Waals surface area (Å²) in [7, 11) is 6.36. The molecule has 4 bridgehead atoms. The van der Waals surface area contributed by atoms with Gasteiger partial charge in [-0.25, -0.2) is 0 Å². The first-order valence-corrected chi connectivity index (χ1v) is 9.36. The van der Waals surface area contributed by atoms with Gasteiger partial charge in [-0.3, -0.25) is 0 Å². The van der Waals surface area contributed by atoms with Crippen LogP contribution in [0.4, 0.5) is 0 Å². The molecule has 8 nitrogen and oxygen atoms in total. The SMILES string of the molecule is CN(C)CCCN(C)CCCCNC1[C@H]2OC3OC([C@H]2O)[C@H](O)[C@H]1O3. The third-order valence-electron chi connectivity index (χ3n) is 5.35. The predicted octanol–water partition coefficient (Wildman–Crippen LogP) is -1.19. The van der Waals surface area contributed by atoms with E-state index in [2.05, 4.69) is 36.3 Å². The van der Waals surface area contributed by atoms with Crippen LogP contribution >= 0.6 is 0 Å². The summed E-state index contributed by atoms with van der Waals surface area (Å²) >= 11 is 0. The minimum absolute atomic E-state index is 0.195. The smallest absolute Gasteiger partial charge is 0.272 e. The summed E-state index contributed by atoms with van der Waals surface area (Å²) in [5.74, 6) is 0. The maximum Gasteiger partial charge on any atom is 0.272 e. The van der Waals surface area contributed by atoms with Gasteiger partial charge in [0.2, 0.25) is 0 Å². The first-order chi connectivity index (χ1) is 12.0. The number of nitrogens with zero attached hydrogens (tertiary/aromatic N) is 2. The van der Waals surface area contributed by atoms with E-state index < -0.39 is 24.8 Å². The predicted molar refractivity (Wildman–Crippen MR) is 92.1 cm³/mol. The second-order valence-corrected chi connectivity index (χ2v) is 7.72. The Morgan fingerprint density at radius 3 is 2.04 bits per heavy atom. The van der Waals surface area contributed by atoms with Crippen molar-refractivity contribution >= 4 is 0 Å². The molecule has 8 heteroatoms. The number of aliphatic hydroxyl groups excluding tert-OH is 2. The van der Waals surface area contributed by atoms with Crippen molar-refractivity contribution in [1.29, 1.82) is 0 Å². The van der Waals surface area contributed by atoms with Gasteiger partial charge >= 0.3 is 0 Å². The van der Waals surface area contributed by atoms with Crippen molar-refractivity contribution in [3.63, 3.8) is 0 Å². The van der Waals surface area contributed by atoms with Crippen LogP contribution < -0.4 is 5.32 Å². The van der Waals surface area contributed by atoms with Crippen LogP contribution in [-0.2, 0) is 14.2 Å². The molecule has 7 atom stereocenters. The lowest BCUT2D eigenvalue weighted by molar-refractivity contribution is -0.468. The maximum absolute atomic E-state index is 10.2. The highest BCUT2D eigenvalue weighted by Gasteiger charge is 2.61. The first kappa shape index (κ1) is 19.4. The molecule has 3 N–H and O–H groups in total. The molecule has 3 heterocycles. The van der Waals surface area contributed by atoms with E-state index >= 15 is 0 Å². The van der Waals surface area contributed by atoms with Gasteiger partial charge in [-0.2, -0.15) is 0 Å². The lowest BCUT2D eigenvalue weighted by Crippen LogP contribution is -2.77. The van der Waals surface area contributed by atoms with Crippen LogP contribution in [0.3, 0.4) is 0 Å². The molecule has 4 fully saturated rings. The number of aliphatic hydroxyl groups is 2. The fourth-order valence-electron chi connectivity index (χ4n) is 3.94. The third-order valence-corrected chi connectivity index (χ3v) is 5.35. The second kappa shape index (κ2) is 8.58. The molecule has 3 saturated heterocycles. The lowest BCUT2D eigenvalue weighted by atomic mass is 9.81. The molecule has 4 rings (SSSR count). The van der Waals surface area contributed by atoms with Gasteiger partial charge in [0.15, 0.2) is 0 Å². The molecule has 25 heavy (non-hydrogen) atoms. The average molecular weight is 359 g/mol. The molecule has 4 aliphatic rings. The highest BCUT2D eigenvalue weighted by atomic mass is 16.9. The zero-order valence-corrected chi connectivity index (χ0v) is 15.5. The first-order valence-electron chi connectivity index (χ1n) is 9.36. The van der Waals surface area contributed by atoms with Crippen molar-refractivity contribution in [2.45, 2.75) is 62.3 Å². The summed E-state index contributed by atoms with van der Waals surface area (Å²) < 4.78 is 16.5. The topological polar surface area (TPSA) is 86.7 Å². The molecule has 146 valence electrons. The molecule has 3 unspecified atom stereocenters. The fraction of sp³-hybridized carbons (Fsp3) is 1.00. The Balaban J connectivity index is 1.33. The molecule has 3 aliphatic heterocycles. The second-order valence-electron chi connectivity index (χ2n) is 7.72. The van der Waals surface area contributed by atoms with Crippen LogP contribution in [0, 0.1) is 0 Å². The Morgan fingerprint density at radius 2 is 1.40 bits per heavy atom. The highest BCUT2D eigenvalue weighted by molar-refractivity contribution is 5.08. The van der Waals surface area contributed by atoms with Gasteiger partial charge in [-0.05, 0) is 66.6 Å². The standard InChI is InChI=1S/C17H33N3O5/c1-19(2)8-6-10-20(3)9-5-4-7-18-11-14-12(21)16-13(22)15(11)24-17(23-14)25-16/h11-18,21-22H,4-10H2,1-3H3/t11?,12-,13+,14+,15-,16?,17?. The fourth-order valence-corrected chi connectivity index (χ4v) is 3.94. The molecular formula is C17H33N3O5. The molecule has 0 spiro atoms. The summed E-state index contributed by atoms with van der Waals surface area (Å²) in [6.07, 6.45) is 0.342. The zero-order valence-electron chi connectivity index (χ0n) is 15.5. The summed E-state index contributed by atoms with van der Waals surface area (Å²) in [5, 5.41) is 23.9. The zero-order chi connectivity index (χ0) is 18.0. The van der Waals surface area contributed by atoms with Gasteiger partial charge < -0.3 is 39.5 Å². The number of nitrogens with one attached hydrogen (secondary N) is 1. The number of hydrogen-bond acceptors (Lipinski definition) is 8. The number of hydrogen-bond donors (Lipinski definition) is 3. The van der Waals surface area contributed by atoms with E-state index in [9.17, 15) is 10.2 Å².